The van der Waals surface area contributed by atoms with Crippen molar-refractivity contribution in [1.29, 1.82) is 0 Å². The molecule has 0 saturated heterocycles. The normalized spacial score (nSPS) is 11.3. The van der Waals surface area contributed by atoms with Crippen molar-refractivity contribution in [2.75, 3.05) is 5.73 Å². The molecule has 4 heterocycles. The second-order valence-electron chi connectivity index (χ2n) is 9.42. The van der Waals surface area contributed by atoms with E-state index in [2.05, 4.69) is 22.1 Å². The molecule has 39 heavy (non-hydrogen) atoms. The number of nitrogen functional groups attached to an aromatic ring is 1. The van der Waals surface area contributed by atoms with Crippen LogP contribution in [0.1, 0.15) is 0 Å². The largest absolute Gasteiger partial charge is 0.399 e. The van der Waals surface area contributed by atoms with Crippen LogP contribution in [0.5, 0.6) is 0 Å². The Bertz CT molecular complexity index is 1960. The Morgan fingerprint density at radius 3 is 2.10 bits per heavy atom. The van der Waals surface area contributed by atoms with Gasteiger partial charge < -0.3 is 10.7 Å². The minimum atomic E-state index is -0.287. The van der Waals surface area contributed by atoms with Gasteiger partial charge in [-0.15, -0.1) is 0 Å². The average molecular weight is 508 g/mol. The average Bonchev–Trinajstić information content (AvgIpc) is 3.36. The molecule has 0 radical (unpaired) electrons. The van der Waals surface area contributed by atoms with Crippen LogP contribution in [0.3, 0.4) is 0 Å². The third kappa shape index (κ3) is 4.18. The molecule has 5 nitrogen and oxygen atoms in total. The molecule has 3 aromatic carbocycles. The number of nitrogens with zero attached hydrogens (tertiary/aromatic N) is 3. The number of fused-ring (bicyclic) bond motifs is 3. The Morgan fingerprint density at radius 1 is 0.590 bits per heavy atom. The van der Waals surface area contributed by atoms with E-state index in [9.17, 15) is 4.39 Å². The molecule has 0 amide bonds. The lowest BCUT2D eigenvalue weighted by Crippen LogP contribution is -1.95. The van der Waals surface area contributed by atoms with Gasteiger partial charge in [-0.3, -0.25) is 4.98 Å². The van der Waals surface area contributed by atoms with Crippen LogP contribution in [-0.2, 0) is 0 Å². The van der Waals surface area contributed by atoms with Crippen LogP contribution in [0, 0.1) is 5.82 Å². The van der Waals surface area contributed by atoms with E-state index in [1.807, 2.05) is 72.8 Å². The highest BCUT2D eigenvalue weighted by Crippen LogP contribution is 2.37. The Balaban J connectivity index is 1.51. The number of para-hydroxylation sites is 1. The molecule has 0 saturated carbocycles. The standard InChI is InChI=1S/C33H22FN5/c34-23-12-8-21(9-13-23)32-33-26(25-5-1-2-6-27(25)38-33)19-30(39-32)22-17-29(20-10-14-24(35)15-11-20)37-31(18-22)28-7-3-4-16-36-28/h1-19,38H,35H2. The summed E-state index contributed by atoms with van der Waals surface area (Å²) in [5.74, 6) is -0.287. The lowest BCUT2D eigenvalue weighted by atomic mass is 10.0. The van der Waals surface area contributed by atoms with Crippen LogP contribution >= 0.6 is 0 Å². The molecule has 4 aromatic heterocycles. The molecule has 0 aliphatic carbocycles. The fraction of sp³-hybridized carbons (Fsp3) is 0. The molecule has 0 atom stereocenters. The fourth-order valence-electron chi connectivity index (χ4n) is 4.94. The number of aromatic amines is 1. The molecule has 186 valence electrons. The van der Waals surface area contributed by atoms with E-state index in [0.717, 1.165) is 67.0 Å². The number of aromatic nitrogens is 4. The maximum absolute atomic E-state index is 13.8. The fourth-order valence-corrected chi connectivity index (χ4v) is 4.94. The molecule has 0 unspecified atom stereocenters. The van der Waals surface area contributed by atoms with Crippen molar-refractivity contribution in [3.63, 3.8) is 0 Å². The summed E-state index contributed by atoms with van der Waals surface area (Å²) in [5.41, 5.74) is 15.1. The second-order valence-corrected chi connectivity index (χ2v) is 9.42. The van der Waals surface area contributed by atoms with E-state index in [4.69, 9.17) is 15.7 Å². The van der Waals surface area contributed by atoms with Crippen LogP contribution in [0.15, 0.2) is 115 Å². The highest BCUT2D eigenvalue weighted by atomic mass is 19.1. The minimum Gasteiger partial charge on any atom is -0.399 e. The second kappa shape index (κ2) is 9.19. The zero-order valence-corrected chi connectivity index (χ0v) is 20.8. The highest BCUT2D eigenvalue weighted by Gasteiger charge is 2.17. The minimum absolute atomic E-state index is 0.287. The Morgan fingerprint density at radius 2 is 1.31 bits per heavy atom. The zero-order chi connectivity index (χ0) is 26.3. The van der Waals surface area contributed by atoms with Crippen molar-refractivity contribution in [2.24, 2.45) is 0 Å². The number of anilines is 1. The molecule has 7 rings (SSSR count). The van der Waals surface area contributed by atoms with E-state index in [0.29, 0.717) is 5.69 Å². The summed E-state index contributed by atoms with van der Waals surface area (Å²) in [6.07, 6.45) is 1.76. The molecule has 0 aliphatic heterocycles. The molecule has 0 bridgehead atoms. The first-order valence-corrected chi connectivity index (χ1v) is 12.6. The first-order chi connectivity index (χ1) is 19.1. The van der Waals surface area contributed by atoms with E-state index in [1.165, 1.54) is 12.1 Å². The predicted molar refractivity (Wildman–Crippen MR) is 155 cm³/mol. The summed E-state index contributed by atoms with van der Waals surface area (Å²) in [4.78, 5) is 18.1. The maximum Gasteiger partial charge on any atom is 0.123 e. The summed E-state index contributed by atoms with van der Waals surface area (Å²) < 4.78 is 13.8. The van der Waals surface area contributed by atoms with E-state index >= 15 is 0 Å². The van der Waals surface area contributed by atoms with Gasteiger partial charge in [0.2, 0.25) is 0 Å². The summed E-state index contributed by atoms with van der Waals surface area (Å²) in [6.45, 7) is 0. The van der Waals surface area contributed by atoms with Gasteiger partial charge in [-0.1, -0.05) is 36.4 Å². The number of rotatable bonds is 4. The number of halogens is 1. The van der Waals surface area contributed by atoms with Gasteiger partial charge in [-0.25, -0.2) is 14.4 Å². The van der Waals surface area contributed by atoms with Gasteiger partial charge in [0.15, 0.2) is 0 Å². The van der Waals surface area contributed by atoms with Gasteiger partial charge in [0.05, 0.1) is 34.0 Å². The summed E-state index contributed by atoms with van der Waals surface area (Å²) >= 11 is 0. The maximum atomic E-state index is 13.8. The monoisotopic (exact) mass is 507 g/mol. The molecule has 0 fully saturated rings. The summed E-state index contributed by atoms with van der Waals surface area (Å²) in [5, 5.41) is 2.14. The summed E-state index contributed by atoms with van der Waals surface area (Å²) in [7, 11) is 0. The lowest BCUT2D eigenvalue weighted by Gasteiger charge is -2.12. The van der Waals surface area contributed by atoms with Gasteiger partial charge in [-0.05, 0) is 72.8 Å². The van der Waals surface area contributed by atoms with Crippen molar-refractivity contribution >= 4 is 27.5 Å². The van der Waals surface area contributed by atoms with Crippen molar-refractivity contribution in [2.45, 2.75) is 0 Å². The third-order valence-corrected chi connectivity index (χ3v) is 6.87. The van der Waals surface area contributed by atoms with E-state index < -0.39 is 0 Å². The van der Waals surface area contributed by atoms with E-state index in [-0.39, 0.29) is 5.82 Å². The smallest absolute Gasteiger partial charge is 0.123 e. The van der Waals surface area contributed by atoms with Gasteiger partial charge in [0, 0.05) is 44.9 Å². The highest BCUT2D eigenvalue weighted by molar-refractivity contribution is 6.12. The number of benzene rings is 3. The number of nitrogens with one attached hydrogen (secondary N) is 1. The zero-order valence-electron chi connectivity index (χ0n) is 20.8. The van der Waals surface area contributed by atoms with Gasteiger partial charge in [-0.2, -0.15) is 0 Å². The van der Waals surface area contributed by atoms with Crippen LogP contribution in [-0.4, -0.2) is 19.9 Å². The molecular formula is C33H22FN5. The number of hydrogen-bond acceptors (Lipinski definition) is 4. The molecule has 3 N–H and O–H groups in total. The lowest BCUT2D eigenvalue weighted by molar-refractivity contribution is 0.628. The SMILES string of the molecule is Nc1ccc(-c2cc(-c3cc4c([nH]c5ccccc54)c(-c4ccc(F)cc4)n3)cc(-c3ccccn3)n2)cc1. The van der Waals surface area contributed by atoms with Crippen LogP contribution in [0.25, 0.3) is 67.0 Å². The van der Waals surface area contributed by atoms with Crippen LogP contribution in [0.4, 0.5) is 10.1 Å². The molecule has 6 heteroatoms. The summed E-state index contributed by atoms with van der Waals surface area (Å²) in [6, 6.07) is 34.2. The van der Waals surface area contributed by atoms with Crippen molar-refractivity contribution in [1.82, 2.24) is 19.9 Å². The molecular weight excluding hydrogens is 485 g/mol. The van der Waals surface area contributed by atoms with Gasteiger partial charge >= 0.3 is 0 Å². The quantitative estimate of drug-likeness (QED) is 0.237. The van der Waals surface area contributed by atoms with Crippen LogP contribution in [0.2, 0.25) is 0 Å². The first-order valence-electron chi connectivity index (χ1n) is 12.6. The molecule has 0 spiro atoms. The van der Waals surface area contributed by atoms with Gasteiger partial charge in [0.1, 0.15) is 5.82 Å². The number of hydrogen-bond donors (Lipinski definition) is 2. The predicted octanol–water partition coefficient (Wildman–Crippen LogP) is 7.90. The molecule has 0 aliphatic rings. The number of nitrogens with two attached hydrogens (primary N) is 1. The van der Waals surface area contributed by atoms with Crippen molar-refractivity contribution in [3.05, 3.63) is 121 Å². The van der Waals surface area contributed by atoms with Gasteiger partial charge in [0.25, 0.3) is 0 Å². The van der Waals surface area contributed by atoms with E-state index in [1.54, 1.807) is 18.3 Å². The Hall–Kier alpha value is -5.36. The number of H-pyrrole nitrogens is 1. The van der Waals surface area contributed by atoms with Crippen molar-refractivity contribution < 1.29 is 4.39 Å². The Kier molecular flexibility index (Phi) is 5.37. The number of pyridine rings is 3. The first kappa shape index (κ1) is 22.8. The third-order valence-electron chi connectivity index (χ3n) is 6.87. The topological polar surface area (TPSA) is 80.5 Å². The molecule has 7 aromatic rings. The van der Waals surface area contributed by atoms with Crippen LogP contribution < -0.4 is 5.73 Å². The van der Waals surface area contributed by atoms with Crippen molar-refractivity contribution in [3.8, 4) is 45.2 Å². The Labute approximate surface area is 223 Å².